The molecule has 0 unspecified atom stereocenters. The van der Waals surface area contributed by atoms with Crippen LogP contribution in [-0.2, 0) is 9.59 Å². The summed E-state index contributed by atoms with van der Waals surface area (Å²) in [5.41, 5.74) is 6.62. The highest BCUT2D eigenvalue weighted by atomic mass is 19.1. The Hall–Kier alpha value is -6.42. The molecule has 300 valence electrons. The molecular weight excluding hydrogens is 735 g/mol. The minimum Gasteiger partial charge on any atom is -0.312 e. The van der Waals surface area contributed by atoms with E-state index >= 15 is 0 Å². The number of nitrogens with zero attached hydrogens (tertiary/aromatic N) is 4. The number of pyridine rings is 2. The zero-order valence-corrected chi connectivity index (χ0v) is 33.5. The fourth-order valence-corrected chi connectivity index (χ4v) is 6.35. The van der Waals surface area contributed by atoms with Gasteiger partial charge in [-0.05, 0) is 125 Å². The van der Waals surface area contributed by atoms with Gasteiger partial charge in [-0.3, -0.25) is 28.3 Å². The van der Waals surface area contributed by atoms with E-state index in [1.54, 1.807) is 78.2 Å². The molecule has 8 rings (SSSR count). The van der Waals surface area contributed by atoms with E-state index in [2.05, 4.69) is 19.1 Å². The molecule has 2 saturated heterocycles. The summed E-state index contributed by atoms with van der Waals surface area (Å²) >= 11 is 0. The maximum Gasteiger partial charge on any atom is 0.255 e. The molecule has 4 aromatic carbocycles. The first-order valence-corrected chi connectivity index (χ1v) is 19.5. The Morgan fingerprint density at radius 3 is 1.28 bits per heavy atom. The number of hydrogen-bond acceptors (Lipinski definition) is 4. The second-order valence-corrected chi connectivity index (χ2v) is 14.4. The molecule has 0 aliphatic carbocycles. The minimum absolute atomic E-state index is 0.00338. The van der Waals surface area contributed by atoms with E-state index in [9.17, 15) is 28.0 Å². The molecule has 2 aromatic heterocycles. The molecule has 0 atom stereocenters. The van der Waals surface area contributed by atoms with Gasteiger partial charge in [-0.2, -0.15) is 0 Å². The number of halogens is 2. The number of carbonyl (C=O) groups excluding carboxylic acids is 2. The van der Waals surface area contributed by atoms with Crippen molar-refractivity contribution in [2.75, 3.05) is 22.9 Å². The third-order valence-electron chi connectivity index (χ3n) is 9.85. The van der Waals surface area contributed by atoms with Crippen molar-refractivity contribution in [2.24, 2.45) is 0 Å². The first-order chi connectivity index (χ1) is 27.9. The van der Waals surface area contributed by atoms with Crippen LogP contribution in [0.5, 0.6) is 0 Å². The Morgan fingerprint density at radius 2 is 0.828 bits per heavy atom. The van der Waals surface area contributed by atoms with E-state index in [-0.39, 0.29) is 34.6 Å². The number of aromatic nitrogens is 2. The van der Waals surface area contributed by atoms with Crippen molar-refractivity contribution in [1.82, 2.24) is 9.13 Å². The van der Waals surface area contributed by atoms with Gasteiger partial charge in [0.25, 0.3) is 11.1 Å². The van der Waals surface area contributed by atoms with Crippen LogP contribution >= 0.6 is 0 Å². The molecule has 2 aliphatic rings. The van der Waals surface area contributed by atoms with Crippen LogP contribution in [0, 0.1) is 39.3 Å². The van der Waals surface area contributed by atoms with E-state index in [1.165, 1.54) is 33.9 Å². The molecule has 0 spiro atoms. The molecule has 4 heterocycles. The molecule has 0 bridgehead atoms. The van der Waals surface area contributed by atoms with Crippen LogP contribution in [0.4, 0.5) is 20.2 Å². The maximum atomic E-state index is 13.3. The number of anilines is 2. The van der Waals surface area contributed by atoms with Crippen LogP contribution in [-0.4, -0.2) is 34.0 Å². The number of hydrogen-bond donors (Lipinski definition) is 0. The molecule has 2 amide bonds. The SMILES string of the molecule is Cc1ccc(-n2ccccc2=O)cc1.Cc1ccc(-n2ccccc2=O)cc1F.Cc1ccc(N2CCCCC2=O)cc1.Cc1ccc(N2CCCCC2=O)cc1F. The van der Waals surface area contributed by atoms with Crippen LogP contribution in [0.25, 0.3) is 11.4 Å². The number of benzene rings is 4. The lowest BCUT2D eigenvalue weighted by atomic mass is 10.1. The lowest BCUT2D eigenvalue weighted by Crippen LogP contribution is -2.35. The van der Waals surface area contributed by atoms with Crippen LogP contribution in [0.3, 0.4) is 0 Å². The van der Waals surface area contributed by atoms with E-state index in [0.717, 1.165) is 43.6 Å². The van der Waals surface area contributed by atoms with Crippen LogP contribution < -0.4 is 20.9 Å². The van der Waals surface area contributed by atoms with Gasteiger partial charge in [0, 0.05) is 67.5 Å². The number of aryl methyl sites for hydroxylation is 4. The summed E-state index contributed by atoms with van der Waals surface area (Å²) in [6, 6.07) is 35.7. The third-order valence-corrected chi connectivity index (χ3v) is 9.85. The predicted octanol–water partition coefficient (Wildman–Crippen LogP) is 9.59. The van der Waals surface area contributed by atoms with Gasteiger partial charge < -0.3 is 9.80 Å². The highest BCUT2D eigenvalue weighted by molar-refractivity contribution is 5.94. The van der Waals surface area contributed by atoms with Crippen molar-refractivity contribution < 1.29 is 18.4 Å². The van der Waals surface area contributed by atoms with Crippen LogP contribution in [0.2, 0.25) is 0 Å². The molecule has 10 heteroatoms. The summed E-state index contributed by atoms with van der Waals surface area (Å²) < 4.78 is 29.6. The van der Waals surface area contributed by atoms with Crippen LogP contribution in [0.1, 0.15) is 60.8 Å². The molecule has 2 aliphatic heterocycles. The lowest BCUT2D eigenvalue weighted by Gasteiger charge is -2.26. The summed E-state index contributed by atoms with van der Waals surface area (Å²) in [6.07, 6.45) is 8.79. The fraction of sp³-hybridized carbons (Fsp3) is 0.250. The quantitative estimate of drug-likeness (QED) is 0.178. The first kappa shape index (κ1) is 42.7. The van der Waals surface area contributed by atoms with E-state index in [0.29, 0.717) is 41.9 Å². The molecular formula is C48H50F2N4O4. The smallest absolute Gasteiger partial charge is 0.255 e. The molecule has 2 fully saturated rings. The predicted molar refractivity (Wildman–Crippen MR) is 228 cm³/mol. The van der Waals surface area contributed by atoms with Gasteiger partial charge in [0.1, 0.15) is 11.6 Å². The zero-order valence-electron chi connectivity index (χ0n) is 33.5. The molecule has 58 heavy (non-hydrogen) atoms. The average molecular weight is 785 g/mol. The minimum atomic E-state index is -0.303. The normalized spacial score (nSPS) is 13.6. The number of rotatable bonds is 4. The maximum absolute atomic E-state index is 13.3. The van der Waals surface area contributed by atoms with Gasteiger partial charge in [0.2, 0.25) is 11.8 Å². The van der Waals surface area contributed by atoms with Gasteiger partial charge in [-0.1, -0.05) is 59.7 Å². The van der Waals surface area contributed by atoms with Crippen molar-refractivity contribution in [2.45, 2.75) is 66.2 Å². The molecule has 0 saturated carbocycles. The van der Waals surface area contributed by atoms with Crippen molar-refractivity contribution in [3.8, 4) is 11.4 Å². The summed E-state index contributed by atoms with van der Waals surface area (Å²) in [5, 5.41) is 0. The number of carbonyl (C=O) groups is 2. The van der Waals surface area contributed by atoms with E-state index in [4.69, 9.17) is 0 Å². The molecule has 6 aromatic rings. The molecule has 0 N–H and O–H groups in total. The van der Waals surface area contributed by atoms with E-state index in [1.807, 2.05) is 60.4 Å². The Kier molecular flexibility index (Phi) is 15.2. The van der Waals surface area contributed by atoms with Gasteiger partial charge in [0.05, 0.1) is 5.69 Å². The third kappa shape index (κ3) is 11.8. The molecule has 0 radical (unpaired) electrons. The van der Waals surface area contributed by atoms with Crippen molar-refractivity contribution in [1.29, 1.82) is 0 Å². The van der Waals surface area contributed by atoms with Crippen molar-refractivity contribution in [3.63, 3.8) is 0 Å². The second-order valence-electron chi connectivity index (χ2n) is 14.4. The van der Waals surface area contributed by atoms with Crippen molar-refractivity contribution >= 4 is 23.2 Å². The van der Waals surface area contributed by atoms with E-state index < -0.39 is 0 Å². The van der Waals surface area contributed by atoms with Crippen molar-refractivity contribution in [3.05, 3.63) is 188 Å². The Balaban J connectivity index is 0.000000147. The highest BCUT2D eigenvalue weighted by Gasteiger charge is 2.20. The van der Waals surface area contributed by atoms with Gasteiger partial charge in [-0.15, -0.1) is 0 Å². The second kappa shape index (κ2) is 20.7. The topological polar surface area (TPSA) is 84.6 Å². The Bertz CT molecular complexity index is 2420. The van der Waals surface area contributed by atoms with Gasteiger partial charge >= 0.3 is 0 Å². The van der Waals surface area contributed by atoms with Crippen LogP contribution in [0.15, 0.2) is 143 Å². The summed E-state index contributed by atoms with van der Waals surface area (Å²) in [6.45, 7) is 9.08. The Morgan fingerprint density at radius 1 is 0.431 bits per heavy atom. The summed E-state index contributed by atoms with van der Waals surface area (Å²) in [4.78, 5) is 49.7. The fourth-order valence-electron chi connectivity index (χ4n) is 6.35. The zero-order chi connectivity index (χ0) is 41.6. The Labute approximate surface area is 338 Å². The van der Waals surface area contributed by atoms with Gasteiger partial charge in [-0.25, -0.2) is 8.78 Å². The number of amides is 2. The average Bonchev–Trinajstić information content (AvgIpc) is 3.22. The monoisotopic (exact) mass is 784 g/mol. The summed E-state index contributed by atoms with van der Waals surface area (Å²) in [7, 11) is 0. The lowest BCUT2D eigenvalue weighted by molar-refractivity contribution is -0.120. The highest BCUT2D eigenvalue weighted by Crippen LogP contribution is 2.23. The first-order valence-electron chi connectivity index (χ1n) is 19.5. The molecule has 8 nitrogen and oxygen atoms in total. The summed E-state index contributed by atoms with van der Waals surface area (Å²) in [5.74, 6) is -0.182. The standard InChI is InChI=1S/C12H14FNO.C12H10FNO.C12H15NO.C12H11NO/c2*1-9-5-6-10(8-11(9)13)14-7-3-2-4-12(14)15;2*1-10-5-7-11(8-6-10)13-9-3-2-4-12(13)14/h5-6,8H,2-4,7H2,1H3;2-8H,1H3;5-8H,2-4,9H2,1H3;2-9H,1H3. The largest absolute Gasteiger partial charge is 0.312 e. The number of piperidine rings is 2. The van der Waals surface area contributed by atoms with Gasteiger partial charge in [0.15, 0.2) is 0 Å².